The van der Waals surface area contributed by atoms with Crippen molar-refractivity contribution in [3.05, 3.63) is 47.8 Å². The molecule has 2 aromatic carbocycles. The molecule has 11 nitrogen and oxygen atoms in total. The Balaban J connectivity index is 1.78. The van der Waals surface area contributed by atoms with E-state index in [0.29, 0.717) is 22.2 Å². The number of ether oxygens (including phenoxy) is 4. The predicted molar refractivity (Wildman–Crippen MR) is 147 cm³/mol. The summed E-state index contributed by atoms with van der Waals surface area (Å²) < 4.78 is 36.8. The molecule has 1 amide bonds. The van der Waals surface area contributed by atoms with E-state index in [-0.39, 0.29) is 31.3 Å². The summed E-state index contributed by atoms with van der Waals surface area (Å²) in [5.41, 5.74) is 4.78. The van der Waals surface area contributed by atoms with Crippen LogP contribution in [0.15, 0.2) is 36.4 Å². The fourth-order valence-corrected chi connectivity index (χ4v) is 3.69. The number of rotatable bonds is 8. The number of hydrogen-bond donors (Lipinski definition) is 2. The summed E-state index contributed by atoms with van der Waals surface area (Å²) in [6.45, 7) is 10.4. The van der Waals surface area contributed by atoms with Crippen molar-refractivity contribution < 1.29 is 38.0 Å². The summed E-state index contributed by atoms with van der Waals surface area (Å²) in [7, 11) is 1.45. The van der Waals surface area contributed by atoms with E-state index < -0.39 is 35.3 Å². The molecular formula is C28H37FN4O7. The Morgan fingerprint density at radius 3 is 2.35 bits per heavy atom. The number of anilines is 1. The molecule has 1 heterocycles. The van der Waals surface area contributed by atoms with Crippen molar-refractivity contribution in [1.29, 1.82) is 0 Å². The van der Waals surface area contributed by atoms with E-state index in [9.17, 15) is 19.1 Å². The maximum atomic E-state index is 13.6. The van der Waals surface area contributed by atoms with Gasteiger partial charge in [-0.3, -0.25) is 0 Å². The molecule has 0 unspecified atom stereocenters. The minimum atomic E-state index is -1.15. The largest absolute Gasteiger partial charge is 0.492 e. The first-order valence-electron chi connectivity index (χ1n) is 12.7. The zero-order chi connectivity index (χ0) is 29.8. The fourth-order valence-electron chi connectivity index (χ4n) is 3.69. The molecule has 3 N–H and O–H groups in total. The van der Waals surface area contributed by atoms with Crippen LogP contribution < -0.4 is 15.2 Å². The summed E-state index contributed by atoms with van der Waals surface area (Å²) in [6, 6.07) is 8.87. The molecule has 0 radical (unpaired) electrons. The maximum absolute atomic E-state index is 13.6. The Labute approximate surface area is 232 Å². The number of fused-ring (bicyclic) bond motifs is 1. The van der Waals surface area contributed by atoms with Crippen LogP contribution in [-0.4, -0.2) is 70.0 Å². The lowest BCUT2D eigenvalue weighted by Crippen LogP contribution is -2.41. The average Bonchev–Trinajstić information content (AvgIpc) is 3.21. The number of carbonyl (C=O) groups is 2. The van der Waals surface area contributed by atoms with Crippen molar-refractivity contribution in [2.24, 2.45) is 0 Å². The second-order valence-corrected chi connectivity index (χ2v) is 11.2. The van der Waals surface area contributed by atoms with Gasteiger partial charge in [0.05, 0.1) is 42.9 Å². The first kappa shape index (κ1) is 30.5. The Morgan fingerprint density at radius 2 is 1.75 bits per heavy atom. The summed E-state index contributed by atoms with van der Waals surface area (Å²) in [5, 5.41) is 15.5. The smallest absolute Gasteiger partial charge is 0.435 e. The minimum absolute atomic E-state index is 0.0285. The highest BCUT2D eigenvalue weighted by Crippen LogP contribution is 2.29. The van der Waals surface area contributed by atoms with Crippen LogP contribution in [0.2, 0.25) is 0 Å². The van der Waals surface area contributed by atoms with E-state index >= 15 is 0 Å². The molecular weight excluding hydrogens is 523 g/mol. The Kier molecular flexibility index (Phi) is 9.14. The van der Waals surface area contributed by atoms with Gasteiger partial charge in [-0.15, -0.1) is 5.10 Å². The second-order valence-electron chi connectivity index (χ2n) is 11.2. The number of aliphatic hydroxyl groups excluding tert-OH is 1. The number of nitrogen functional groups attached to an aromatic ring is 1. The lowest BCUT2D eigenvalue weighted by molar-refractivity contribution is 0.0117. The number of hydrogen-bond acceptors (Lipinski definition) is 9. The highest BCUT2D eigenvalue weighted by Gasteiger charge is 2.26. The molecule has 0 fully saturated rings. The van der Waals surface area contributed by atoms with Crippen LogP contribution in [0.3, 0.4) is 0 Å². The minimum Gasteiger partial charge on any atom is -0.492 e. The van der Waals surface area contributed by atoms with Gasteiger partial charge < -0.3 is 34.7 Å². The van der Waals surface area contributed by atoms with Gasteiger partial charge in [0, 0.05) is 6.07 Å². The van der Waals surface area contributed by atoms with Gasteiger partial charge in [-0.25, -0.2) is 14.0 Å². The first-order valence-corrected chi connectivity index (χ1v) is 12.7. The van der Waals surface area contributed by atoms with Gasteiger partial charge in [0.1, 0.15) is 29.4 Å². The van der Waals surface area contributed by atoms with E-state index in [2.05, 4.69) is 5.10 Å². The molecule has 1 atom stereocenters. The fraction of sp³-hybridized carbons (Fsp3) is 0.464. The van der Waals surface area contributed by atoms with E-state index in [1.807, 2.05) is 0 Å². The van der Waals surface area contributed by atoms with E-state index in [0.717, 1.165) is 10.7 Å². The first-order chi connectivity index (χ1) is 18.6. The molecule has 0 saturated heterocycles. The van der Waals surface area contributed by atoms with E-state index in [4.69, 9.17) is 24.7 Å². The molecule has 0 spiro atoms. The number of halogens is 1. The number of nitrogens with two attached hydrogens (primary N) is 1. The quantitative estimate of drug-likeness (QED) is 0.368. The molecule has 3 aromatic rings. The van der Waals surface area contributed by atoms with Crippen molar-refractivity contribution >= 4 is 28.8 Å². The summed E-state index contributed by atoms with van der Waals surface area (Å²) in [6.07, 6.45) is -2.49. The van der Waals surface area contributed by atoms with Crippen LogP contribution in [-0.2, 0) is 9.47 Å². The summed E-state index contributed by atoms with van der Waals surface area (Å²) >= 11 is 0. The molecule has 1 aromatic heterocycles. The zero-order valence-electron chi connectivity index (χ0n) is 23.9. The number of amides is 1. The zero-order valence-corrected chi connectivity index (χ0v) is 23.9. The standard InChI is InChI=1S/C28H37FN4O7/c1-27(2,3)39-25(35)32(16-23(34)17-8-11-20(29)21(30)14-17)12-13-38-18-9-10-19-22(15-18)33(31-24(19)37-7)26(36)40-28(4,5)6/h8-11,14-15,23,34H,12-13,16,30H2,1-7H3/t23-/m0/s1. The monoisotopic (exact) mass is 560 g/mol. The number of benzene rings is 2. The van der Waals surface area contributed by atoms with Crippen LogP contribution >= 0.6 is 0 Å². The van der Waals surface area contributed by atoms with Crippen LogP contribution in [0.1, 0.15) is 53.2 Å². The number of aromatic nitrogens is 2. The van der Waals surface area contributed by atoms with Crippen molar-refractivity contribution in [2.75, 3.05) is 32.5 Å². The molecule has 0 aliphatic carbocycles. The second kappa shape index (κ2) is 12.0. The molecule has 0 bridgehead atoms. The highest BCUT2D eigenvalue weighted by molar-refractivity contribution is 5.92. The third-order valence-electron chi connectivity index (χ3n) is 5.46. The Morgan fingerprint density at radius 1 is 1.07 bits per heavy atom. The molecule has 40 heavy (non-hydrogen) atoms. The molecule has 218 valence electrons. The van der Waals surface area contributed by atoms with Gasteiger partial charge in [-0.05, 0) is 71.4 Å². The Hall–Kier alpha value is -4.06. The number of aliphatic hydroxyl groups is 1. The van der Waals surface area contributed by atoms with Gasteiger partial charge in [0.2, 0.25) is 5.88 Å². The lowest BCUT2D eigenvalue weighted by Gasteiger charge is -2.29. The third-order valence-corrected chi connectivity index (χ3v) is 5.46. The van der Waals surface area contributed by atoms with E-state index in [1.165, 1.54) is 24.1 Å². The Bertz CT molecular complexity index is 1360. The van der Waals surface area contributed by atoms with Gasteiger partial charge >= 0.3 is 12.2 Å². The molecule has 0 saturated carbocycles. The SMILES string of the molecule is COc1nn(C(=O)OC(C)(C)C)c2cc(OCCN(C[C@H](O)c3ccc(F)c(N)c3)C(=O)OC(C)(C)C)ccc12. The topological polar surface area (TPSA) is 138 Å². The van der Waals surface area contributed by atoms with Crippen LogP contribution in [0.25, 0.3) is 10.9 Å². The van der Waals surface area contributed by atoms with Crippen molar-refractivity contribution in [2.45, 2.75) is 58.8 Å². The van der Waals surface area contributed by atoms with Crippen molar-refractivity contribution in [1.82, 2.24) is 14.7 Å². The number of nitrogens with zero attached hydrogens (tertiary/aromatic N) is 3. The molecule has 12 heteroatoms. The lowest BCUT2D eigenvalue weighted by atomic mass is 10.1. The third kappa shape index (κ3) is 7.98. The highest BCUT2D eigenvalue weighted by atomic mass is 19.1. The molecule has 0 aliphatic rings. The normalized spacial score (nSPS) is 12.6. The van der Waals surface area contributed by atoms with Gasteiger partial charge in [0.25, 0.3) is 0 Å². The van der Waals surface area contributed by atoms with Crippen molar-refractivity contribution in [3.63, 3.8) is 0 Å². The van der Waals surface area contributed by atoms with Crippen molar-refractivity contribution in [3.8, 4) is 11.6 Å². The maximum Gasteiger partial charge on any atom is 0.435 e. The predicted octanol–water partition coefficient (Wildman–Crippen LogP) is 4.90. The number of methoxy groups -OCH3 is 1. The van der Waals surface area contributed by atoms with Gasteiger partial charge in [-0.1, -0.05) is 6.07 Å². The van der Waals surface area contributed by atoms with Crippen LogP contribution in [0, 0.1) is 5.82 Å². The summed E-state index contributed by atoms with van der Waals surface area (Å²) in [5.74, 6) is 0.0470. The average molecular weight is 561 g/mol. The molecule has 3 rings (SSSR count). The number of carbonyl (C=O) groups excluding carboxylic acids is 2. The van der Waals surface area contributed by atoms with Crippen LogP contribution in [0.5, 0.6) is 11.6 Å². The summed E-state index contributed by atoms with van der Waals surface area (Å²) in [4.78, 5) is 26.9. The van der Waals surface area contributed by atoms with Gasteiger partial charge in [0.15, 0.2) is 0 Å². The van der Waals surface area contributed by atoms with Gasteiger partial charge in [-0.2, -0.15) is 4.68 Å². The van der Waals surface area contributed by atoms with E-state index in [1.54, 1.807) is 59.7 Å². The van der Waals surface area contributed by atoms with Crippen LogP contribution in [0.4, 0.5) is 19.7 Å². The molecule has 0 aliphatic heterocycles.